The Morgan fingerprint density at radius 3 is 2.36 bits per heavy atom. The number of hydrogen-bond acceptors (Lipinski definition) is 3. The highest BCUT2D eigenvalue weighted by Gasteiger charge is 2.47. The predicted octanol–water partition coefficient (Wildman–Crippen LogP) is 3.96. The fourth-order valence-electron chi connectivity index (χ4n) is 5.00. The van der Waals surface area contributed by atoms with Crippen molar-refractivity contribution in [2.24, 2.45) is 0 Å². The summed E-state index contributed by atoms with van der Waals surface area (Å²) in [5, 5.41) is 1.95. The molecule has 3 amide bonds. The maximum absolute atomic E-state index is 13.2. The van der Waals surface area contributed by atoms with Crippen molar-refractivity contribution in [1.82, 2.24) is 9.80 Å². The number of anilines is 1. The molecule has 0 bridgehead atoms. The Morgan fingerprint density at radius 2 is 1.64 bits per heavy atom. The third-order valence-electron chi connectivity index (χ3n) is 6.57. The van der Waals surface area contributed by atoms with E-state index in [1.165, 1.54) is 16.9 Å². The minimum Gasteiger partial charge on any atom is -0.338 e. The number of thiophene rings is 1. The van der Waals surface area contributed by atoms with Gasteiger partial charge < -0.3 is 9.80 Å². The number of benzene rings is 1. The van der Waals surface area contributed by atoms with Crippen LogP contribution in [0.25, 0.3) is 0 Å². The van der Waals surface area contributed by atoms with E-state index in [1.807, 2.05) is 38.3 Å². The van der Waals surface area contributed by atoms with Crippen LogP contribution < -0.4 is 4.90 Å². The van der Waals surface area contributed by atoms with E-state index >= 15 is 0 Å². The molecule has 146 valence electrons. The predicted molar refractivity (Wildman–Crippen MR) is 111 cm³/mol. The molecular weight excluding hydrogens is 370 g/mol. The normalized spacial score (nSPS) is 20.6. The van der Waals surface area contributed by atoms with Crippen molar-refractivity contribution >= 4 is 29.0 Å². The lowest BCUT2D eigenvalue weighted by molar-refractivity contribution is 0.0678. The molecule has 1 aromatic heterocycles. The van der Waals surface area contributed by atoms with Gasteiger partial charge in [-0.25, -0.2) is 4.79 Å². The zero-order chi connectivity index (χ0) is 19.1. The summed E-state index contributed by atoms with van der Waals surface area (Å²) < 4.78 is 0. The number of carbonyl (C=O) groups excluding carboxylic acids is 2. The molecule has 0 aliphatic carbocycles. The molecule has 2 saturated heterocycles. The van der Waals surface area contributed by atoms with Gasteiger partial charge in [0.05, 0.1) is 4.88 Å². The Kier molecular flexibility index (Phi) is 4.38. The van der Waals surface area contributed by atoms with E-state index in [2.05, 4.69) is 18.2 Å². The fraction of sp³-hybridized carbons (Fsp3) is 0.455. The molecule has 2 fully saturated rings. The maximum Gasteiger partial charge on any atom is 0.324 e. The van der Waals surface area contributed by atoms with E-state index in [9.17, 15) is 9.59 Å². The lowest BCUT2D eigenvalue weighted by Crippen LogP contribution is -2.49. The highest BCUT2D eigenvalue weighted by atomic mass is 32.1. The summed E-state index contributed by atoms with van der Waals surface area (Å²) in [6.07, 6.45) is 4.02. The van der Waals surface area contributed by atoms with Crippen LogP contribution in [0.5, 0.6) is 0 Å². The summed E-state index contributed by atoms with van der Waals surface area (Å²) in [7, 11) is 0. The van der Waals surface area contributed by atoms with Gasteiger partial charge >= 0.3 is 6.03 Å². The van der Waals surface area contributed by atoms with Gasteiger partial charge in [0.15, 0.2) is 0 Å². The first-order valence-electron chi connectivity index (χ1n) is 10.2. The van der Waals surface area contributed by atoms with Crippen LogP contribution in [0.3, 0.4) is 0 Å². The Hall–Kier alpha value is -2.34. The van der Waals surface area contributed by atoms with Crippen LogP contribution in [0.15, 0.2) is 41.8 Å². The monoisotopic (exact) mass is 395 g/mol. The first kappa shape index (κ1) is 17.7. The average Bonchev–Trinajstić information content (AvgIpc) is 3.49. The fourth-order valence-corrected chi connectivity index (χ4v) is 5.69. The number of urea groups is 1. The summed E-state index contributed by atoms with van der Waals surface area (Å²) in [4.78, 5) is 32.7. The number of likely N-dealkylation sites (tertiary alicyclic amines) is 2. The number of rotatable bonds is 1. The summed E-state index contributed by atoms with van der Waals surface area (Å²) in [6, 6.07) is 12.4. The second kappa shape index (κ2) is 6.92. The number of fused-ring (bicyclic) bond motifs is 2. The van der Waals surface area contributed by atoms with Gasteiger partial charge in [-0.2, -0.15) is 0 Å². The number of piperidine rings is 1. The lowest BCUT2D eigenvalue weighted by atomic mass is 9.74. The molecule has 0 radical (unpaired) electrons. The van der Waals surface area contributed by atoms with Gasteiger partial charge in [0.2, 0.25) is 0 Å². The molecule has 3 aliphatic heterocycles. The molecule has 28 heavy (non-hydrogen) atoms. The van der Waals surface area contributed by atoms with Gasteiger partial charge in [0, 0.05) is 43.8 Å². The maximum atomic E-state index is 13.2. The van der Waals surface area contributed by atoms with E-state index in [0.717, 1.165) is 69.0 Å². The minimum atomic E-state index is -0.0296. The second-order valence-corrected chi connectivity index (χ2v) is 9.08. The molecule has 0 N–H and O–H groups in total. The number of nitrogens with zero attached hydrogens (tertiary/aromatic N) is 3. The summed E-state index contributed by atoms with van der Waals surface area (Å²) >= 11 is 1.51. The highest BCUT2D eigenvalue weighted by Crippen LogP contribution is 2.47. The summed E-state index contributed by atoms with van der Waals surface area (Å²) in [5.41, 5.74) is 2.32. The van der Waals surface area contributed by atoms with Crippen LogP contribution in [0, 0.1) is 0 Å². The molecule has 3 aliphatic rings. The molecule has 6 heteroatoms. The zero-order valence-corrected chi connectivity index (χ0v) is 16.8. The van der Waals surface area contributed by atoms with Gasteiger partial charge in [-0.15, -0.1) is 11.3 Å². The average molecular weight is 396 g/mol. The van der Waals surface area contributed by atoms with Crippen LogP contribution in [-0.4, -0.2) is 54.5 Å². The third kappa shape index (κ3) is 2.82. The van der Waals surface area contributed by atoms with Crippen molar-refractivity contribution in [3.05, 3.63) is 52.2 Å². The van der Waals surface area contributed by atoms with Crippen LogP contribution in [-0.2, 0) is 5.41 Å². The molecule has 0 atom stereocenters. The first-order chi connectivity index (χ1) is 13.7. The second-order valence-electron chi connectivity index (χ2n) is 8.13. The topological polar surface area (TPSA) is 43.9 Å². The molecule has 0 unspecified atom stereocenters. The molecule has 4 heterocycles. The first-order valence-corrected chi connectivity index (χ1v) is 11.0. The van der Waals surface area contributed by atoms with Crippen LogP contribution in [0.2, 0.25) is 0 Å². The van der Waals surface area contributed by atoms with E-state index in [4.69, 9.17) is 0 Å². The number of para-hydroxylation sites is 1. The van der Waals surface area contributed by atoms with Gasteiger partial charge in [-0.1, -0.05) is 24.3 Å². The minimum absolute atomic E-state index is 0.0296. The molecule has 1 aromatic carbocycles. The van der Waals surface area contributed by atoms with Crippen molar-refractivity contribution < 1.29 is 9.59 Å². The van der Waals surface area contributed by atoms with E-state index in [1.54, 1.807) is 0 Å². The van der Waals surface area contributed by atoms with Gasteiger partial charge in [-0.05, 0) is 48.8 Å². The van der Waals surface area contributed by atoms with Gasteiger partial charge in [0.25, 0.3) is 5.91 Å². The Morgan fingerprint density at radius 1 is 0.893 bits per heavy atom. The molecule has 1 spiro atoms. The molecule has 0 saturated carbocycles. The summed E-state index contributed by atoms with van der Waals surface area (Å²) in [5.74, 6) is 0.140. The summed E-state index contributed by atoms with van der Waals surface area (Å²) in [6.45, 7) is 3.97. The van der Waals surface area contributed by atoms with E-state index < -0.39 is 0 Å². The smallest absolute Gasteiger partial charge is 0.324 e. The van der Waals surface area contributed by atoms with Crippen molar-refractivity contribution in [1.29, 1.82) is 0 Å². The van der Waals surface area contributed by atoms with Crippen molar-refractivity contribution in [2.75, 3.05) is 37.6 Å². The largest absolute Gasteiger partial charge is 0.338 e. The Bertz CT molecular complexity index is 881. The van der Waals surface area contributed by atoms with Crippen LogP contribution >= 0.6 is 11.3 Å². The van der Waals surface area contributed by atoms with Gasteiger partial charge in [0.1, 0.15) is 0 Å². The number of carbonyl (C=O) groups is 2. The zero-order valence-electron chi connectivity index (χ0n) is 16.0. The third-order valence-corrected chi connectivity index (χ3v) is 7.43. The molecular formula is C22H25N3O2S. The molecule has 2 aromatic rings. The molecule has 5 nitrogen and oxygen atoms in total. The standard InChI is InChI=1S/C22H25N3O2S/c26-20(19-8-5-15-28-19)23-13-9-22(10-14-23)16-25(18-7-2-1-6-17(18)22)21(27)24-11-3-4-12-24/h1-2,5-8,15H,3-4,9-14,16H2. The SMILES string of the molecule is O=C(c1cccs1)N1CCC2(CC1)CN(C(=O)N1CCCC1)c1ccccc12. The van der Waals surface area contributed by atoms with E-state index in [-0.39, 0.29) is 17.4 Å². The molecule has 5 rings (SSSR count). The highest BCUT2D eigenvalue weighted by molar-refractivity contribution is 7.12. The van der Waals surface area contributed by atoms with Crippen molar-refractivity contribution in [2.45, 2.75) is 31.1 Å². The van der Waals surface area contributed by atoms with E-state index in [0.29, 0.717) is 0 Å². The number of hydrogen-bond donors (Lipinski definition) is 0. The van der Waals surface area contributed by atoms with Crippen LogP contribution in [0.1, 0.15) is 40.9 Å². The van der Waals surface area contributed by atoms with Gasteiger partial charge in [-0.3, -0.25) is 9.69 Å². The number of amides is 3. The lowest BCUT2D eigenvalue weighted by Gasteiger charge is -2.40. The van der Waals surface area contributed by atoms with Crippen molar-refractivity contribution in [3.8, 4) is 0 Å². The Labute approximate surface area is 169 Å². The Balaban J connectivity index is 1.37. The van der Waals surface area contributed by atoms with Crippen LogP contribution in [0.4, 0.5) is 10.5 Å². The quantitative estimate of drug-likeness (QED) is 0.734. The van der Waals surface area contributed by atoms with Crippen molar-refractivity contribution in [3.63, 3.8) is 0 Å².